The molecular weight excluding hydrogens is 304 g/mol. The Hall–Kier alpha value is -1.53. The van der Waals surface area contributed by atoms with Crippen molar-refractivity contribution < 1.29 is 23.4 Å². The Kier molecular flexibility index (Phi) is 3.61. The van der Waals surface area contributed by atoms with Crippen LogP contribution in [0.1, 0.15) is 37.3 Å². The summed E-state index contributed by atoms with van der Waals surface area (Å²) in [5, 5.41) is 9.97. The first-order chi connectivity index (χ1) is 11.0. The molecule has 0 spiro atoms. The van der Waals surface area contributed by atoms with Gasteiger partial charge in [0, 0.05) is 12.1 Å². The van der Waals surface area contributed by atoms with Gasteiger partial charge in [0.25, 0.3) is 0 Å². The lowest BCUT2D eigenvalue weighted by atomic mass is 9.88. The molecule has 3 aliphatic heterocycles. The van der Waals surface area contributed by atoms with Crippen LogP contribution in [0.4, 0.5) is 8.78 Å². The number of carbonyl (C=O) groups is 1. The van der Waals surface area contributed by atoms with Crippen molar-refractivity contribution in [1.29, 1.82) is 0 Å². The van der Waals surface area contributed by atoms with Crippen molar-refractivity contribution >= 4 is 5.91 Å². The Labute approximate surface area is 133 Å². The third kappa shape index (κ3) is 2.54. The fourth-order valence-corrected chi connectivity index (χ4v) is 4.23. The van der Waals surface area contributed by atoms with E-state index in [-0.39, 0.29) is 42.6 Å². The zero-order chi connectivity index (χ0) is 16.1. The Morgan fingerprint density at radius 1 is 1.26 bits per heavy atom. The summed E-state index contributed by atoms with van der Waals surface area (Å²) in [6.07, 6.45) is 2.14. The molecule has 0 aliphatic carbocycles. The van der Waals surface area contributed by atoms with Gasteiger partial charge in [0.2, 0.25) is 5.91 Å². The van der Waals surface area contributed by atoms with E-state index < -0.39 is 23.8 Å². The van der Waals surface area contributed by atoms with Crippen molar-refractivity contribution in [2.75, 3.05) is 6.54 Å². The first-order valence-corrected chi connectivity index (χ1v) is 8.12. The van der Waals surface area contributed by atoms with E-state index in [1.165, 1.54) is 4.90 Å². The van der Waals surface area contributed by atoms with E-state index in [0.717, 1.165) is 31.0 Å². The van der Waals surface area contributed by atoms with E-state index in [2.05, 4.69) is 0 Å². The Morgan fingerprint density at radius 3 is 2.78 bits per heavy atom. The highest BCUT2D eigenvalue weighted by Gasteiger charge is 2.48. The summed E-state index contributed by atoms with van der Waals surface area (Å²) in [7, 11) is 0. The highest BCUT2D eigenvalue weighted by Crippen LogP contribution is 2.42. The molecule has 3 fully saturated rings. The van der Waals surface area contributed by atoms with Gasteiger partial charge in [-0.15, -0.1) is 0 Å². The van der Waals surface area contributed by atoms with Gasteiger partial charge in [-0.2, -0.15) is 0 Å². The topological polar surface area (TPSA) is 49.8 Å². The number of aliphatic hydroxyl groups is 1. The summed E-state index contributed by atoms with van der Waals surface area (Å²) in [5.41, 5.74) is 0.138. The van der Waals surface area contributed by atoms with Crippen LogP contribution in [0.25, 0.3) is 0 Å². The van der Waals surface area contributed by atoms with Crippen molar-refractivity contribution in [3.05, 3.63) is 35.4 Å². The van der Waals surface area contributed by atoms with E-state index in [9.17, 15) is 18.7 Å². The summed E-state index contributed by atoms with van der Waals surface area (Å²) in [4.78, 5) is 14.4. The highest BCUT2D eigenvalue weighted by molar-refractivity contribution is 5.81. The number of fused-ring (bicyclic) bond motifs is 2. The second-order valence-electron chi connectivity index (χ2n) is 6.78. The minimum absolute atomic E-state index is 0.0664. The summed E-state index contributed by atoms with van der Waals surface area (Å²) in [6.45, 7) is 0.160. The van der Waals surface area contributed by atoms with Gasteiger partial charge < -0.3 is 14.7 Å². The normalized spacial score (nSPS) is 36.0. The van der Waals surface area contributed by atoms with E-state index in [0.29, 0.717) is 6.42 Å². The molecule has 0 saturated carbocycles. The number of nitrogens with zero attached hydrogens (tertiary/aromatic N) is 1. The van der Waals surface area contributed by atoms with E-state index >= 15 is 0 Å². The van der Waals surface area contributed by atoms with Gasteiger partial charge in [-0.25, -0.2) is 8.78 Å². The Morgan fingerprint density at radius 2 is 2.09 bits per heavy atom. The van der Waals surface area contributed by atoms with Gasteiger partial charge in [-0.05, 0) is 43.9 Å². The number of carbonyl (C=O) groups excluding carboxylic acids is 1. The summed E-state index contributed by atoms with van der Waals surface area (Å²) in [5.74, 6) is -1.42. The Balaban J connectivity index is 1.61. The predicted octanol–water partition coefficient (Wildman–Crippen LogP) is 2.17. The molecule has 4 rings (SSSR count). The molecule has 4 nitrogen and oxygen atoms in total. The van der Waals surface area contributed by atoms with Crippen LogP contribution in [0.2, 0.25) is 0 Å². The van der Waals surface area contributed by atoms with Gasteiger partial charge in [-0.1, -0.05) is 0 Å². The molecule has 0 aromatic heterocycles. The van der Waals surface area contributed by atoms with Crippen molar-refractivity contribution in [1.82, 2.24) is 4.90 Å². The summed E-state index contributed by atoms with van der Waals surface area (Å²) >= 11 is 0. The zero-order valence-electron chi connectivity index (χ0n) is 12.6. The maximum absolute atomic E-state index is 14.1. The largest absolute Gasteiger partial charge is 0.391 e. The fourth-order valence-electron chi connectivity index (χ4n) is 4.23. The number of aliphatic hydroxyl groups excluding tert-OH is 1. The van der Waals surface area contributed by atoms with Crippen LogP contribution in [-0.2, 0) is 9.53 Å². The fraction of sp³-hybridized carbons (Fsp3) is 0.588. The standard InChI is InChI=1S/C17H19F2NO3/c18-9-1-3-14(19)12(5-9)15-6-10(21)8-20(15)17(22)13-7-11-2-4-16(13)23-11/h1,3,5,10-11,13,15-16,21H,2,4,6-8H2. The molecule has 3 heterocycles. The van der Waals surface area contributed by atoms with E-state index in [1.807, 2.05) is 0 Å². The molecule has 2 bridgehead atoms. The van der Waals surface area contributed by atoms with E-state index in [4.69, 9.17) is 4.74 Å². The van der Waals surface area contributed by atoms with Gasteiger partial charge in [0.1, 0.15) is 11.6 Å². The quantitative estimate of drug-likeness (QED) is 0.907. The third-order valence-electron chi connectivity index (χ3n) is 5.30. The number of β-amino-alcohol motifs (C(OH)–C–C–N with tert-alkyl or cyclic N) is 1. The molecular formula is C17H19F2NO3. The molecule has 23 heavy (non-hydrogen) atoms. The zero-order valence-corrected chi connectivity index (χ0v) is 12.6. The average molecular weight is 323 g/mol. The maximum Gasteiger partial charge on any atom is 0.229 e. The van der Waals surface area contributed by atoms with Crippen LogP contribution in [0, 0.1) is 17.6 Å². The lowest BCUT2D eigenvalue weighted by Gasteiger charge is -2.29. The predicted molar refractivity (Wildman–Crippen MR) is 77.4 cm³/mol. The number of hydrogen-bond donors (Lipinski definition) is 1. The minimum atomic E-state index is -0.717. The average Bonchev–Trinajstić information content (AvgIpc) is 3.23. The van der Waals surface area contributed by atoms with Crippen molar-refractivity contribution in [2.24, 2.45) is 5.92 Å². The Bertz CT molecular complexity index is 638. The van der Waals surface area contributed by atoms with Gasteiger partial charge >= 0.3 is 0 Å². The van der Waals surface area contributed by atoms with Crippen molar-refractivity contribution in [3.8, 4) is 0 Å². The number of hydrogen-bond acceptors (Lipinski definition) is 3. The molecule has 0 radical (unpaired) electrons. The molecule has 5 atom stereocenters. The molecule has 124 valence electrons. The molecule has 3 saturated heterocycles. The lowest BCUT2D eigenvalue weighted by Crippen LogP contribution is -2.40. The smallest absolute Gasteiger partial charge is 0.229 e. The van der Waals surface area contributed by atoms with Crippen LogP contribution < -0.4 is 0 Å². The van der Waals surface area contributed by atoms with Crippen LogP contribution in [0.3, 0.4) is 0 Å². The molecule has 1 aromatic rings. The highest BCUT2D eigenvalue weighted by atomic mass is 19.1. The van der Waals surface area contributed by atoms with Crippen LogP contribution >= 0.6 is 0 Å². The lowest BCUT2D eigenvalue weighted by molar-refractivity contribution is -0.138. The molecule has 6 heteroatoms. The van der Waals surface area contributed by atoms with Crippen molar-refractivity contribution in [2.45, 2.75) is 50.0 Å². The van der Waals surface area contributed by atoms with E-state index in [1.54, 1.807) is 0 Å². The second kappa shape index (κ2) is 5.53. The first kappa shape index (κ1) is 15.0. The molecule has 5 unspecified atom stereocenters. The maximum atomic E-state index is 14.1. The number of benzene rings is 1. The number of amides is 1. The first-order valence-electron chi connectivity index (χ1n) is 8.12. The van der Waals surface area contributed by atoms with Gasteiger partial charge in [0.15, 0.2) is 0 Å². The number of likely N-dealkylation sites (tertiary alicyclic amines) is 1. The van der Waals surface area contributed by atoms with Gasteiger partial charge in [0.05, 0.1) is 30.3 Å². The van der Waals surface area contributed by atoms with Crippen molar-refractivity contribution in [3.63, 3.8) is 0 Å². The number of ether oxygens (including phenoxy) is 1. The molecule has 1 aromatic carbocycles. The van der Waals surface area contributed by atoms with Crippen LogP contribution in [-0.4, -0.2) is 40.8 Å². The molecule has 1 amide bonds. The SMILES string of the molecule is O=C(C1CC2CCC1O2)N1CC(O)CC1c1cc(F)ccc1F. The monoisotopic (exact) mass is 323 g/mol. The molecule has 3 aliphatic rings. The minimum Gasteiger partial charge on any atom is -0.391 e. The van der Waals surface area contributed by atoms with Gasteiger partial charge in [-0.3, -0.25) is 4.79 Å². The second-order valence-corrected chi connectivity index (χ2v) is 6.78. The molecule has 1 N–H and O–H groups in total. The summed E-state index contributed by atoms with van der Waals surface area (Å²) < 4.78 is 33.3. The third-order valence-corrected chi connectivity index (χ3v) is 5.30. The van der Waals surface area contributed by atoms with Crippen LogP contribution in [0.15, 0.2) is 18.2 Å². The number of halogens is 2. The number of rotatable bonds is 2. The summed E-state index contributed by atoms with van der Waals surface area (Å²) in [6, 6.07) is 2.63. The van der Waals surface area contributed by atoms with Crippen LogP contribution in [0.5, 0.6) is 0 Å².